The quantitative estimate of drug-likeness (QED) is 0.134. The lowest BCUT2D eigenvalue weighted by Crippen LogP contribution is -1.88. The van der Waals surface area contributed by atoms with Gasteiger partial charge in [0.25, 0.3) is 0 Å². The van der Waals surface area contributed by atoms with E-state index in [0.717, 1.165) is 19.3 Å². The van der Waals surface area contributed by atoms with Crippen molar-refractivity contribution in [3.8, 4) is 11.1 Å². The lowest BCUT2D eigenvalue weighted by atomic mass is 9.92. The lowest BCUT2D eigenvalue weighted by molar-refractivity contribution is 1.16. The molecule has 0 nitrogen and oxygen atoms in total. The summed E-state index contributed by atoms with van der Waals surface area (Å²) in [5, 5.41) is 13.6. The average Bonchev–Trinajstić information content (AvgIpc) is 3.92. The minimum atomic E-state index is 1.11. The first-order valence-corrected chi connectivity index (χ1v) is 22.7. The summed E-state index contributed by atoms with van der Waals surface area (Å²) in [6, 6.07) is 54.1. The van der Waals surface area contributed by atoms with E-state index in [-0.39, 0.29) is 0 Å². The summed E-state index contributed by atoms with van der Waals surface area (Å²) < 4.78 is 0. The van der Waals surface area contributed by atoms with Crippen molar-refractivity contribution in [2.24, 2.45) is 0 Å². The van der Waals surface area contributed by atoms with Gasteiger partial charge in [0.1, 0.15) is 0 Å². The second-order valence-electron chi connectivity index (χ2n) is 18.9. The molecule has 0 atom stereocenters. The van der Waals surface area contributed by atoms with Crippen LogP contribution in [0.25, 0.3) is 77.1 Å². The molecule has 0 saturated carbocycles. The van der Waals surface area contributed by atoms with Crippen molar-refractivity contribution in [2.75, 3.05) is 0 Å². The van der Waals surface area contributed by atoms with Crippen LogP contribution in [0, 0.1) is 41.5 Å². The Morgan fingerprint density at radius 3 is 1.00 bits per heavy atom. The normalized spacial score (nSPS) is 13.1. The van der Waals surface area contributed by atoms with Gasteiger partial charge in [-0.2, -0.15) is 0 Å². The van der Waals surface area contributed by atoms with Crippen LogP contribution in [-0.2, 0) is 19.3 Å². The zero-order valence-electron chi connectivity index (χ0n) is 38.1. The largest absolute Gasteiger partial charge is 0.0683 e. The van der Waals surface area contributed by atoms with E-state index in [1.807, 2.05) is 0 Å². The standard InChI is InChI=1S/C18H14.C16H14.C15H14.C14H14/c1-11-7-13-3-5-15-9-12(2)10-16-6-4-14(8-11)17(13)18(15)16;1-11-3-7-15-13(9-11)5-6-14-10-12(2)4-8-16(14)15;1-10-3-5-14-12(7-10)9-13-8-11(2)4-6-15(13)14;1-9-3-11-7-13-5-10(2)6-14(13)8-12(11)4-9/h3-10H,1-2H3;3-10H,1-2H3;3-8H,9H2,1-2H3;3,6-8H,4-5H2,1-2H3. The van der Waals surface area contributed by atoms with Crippen molar-refractivity contribution in [3.63, 3.8) is 0 Å². The molecule has 3 aliphatic rings. The van der Waals surface area contributed by atoms with Gasteiger partial charge in [0.15, 0.2) is 0 Å². The van der Waals surface area contributed by atoms with Crippen molar-refractivity contribution >= 4 is 66.0 Å². The van der Waals surface area contributed by atoms with E-state index >= 15 is 0 Å². The summed E-state index contributed by atoms with van der Waals surface area (Å²) >= 11 is 0. The molecule has 308 valence electrons. The number of hydrogen-bond acceptors (Lipinski definition) is 0. The topological polar surface area (TPSA) is 0 Å². The van der Waals surface area contributed by atoms with Crippen molar-refractivity contribution < 1.29 is 0 Å². The van der Waals surface area contributed by atoms with Gasteiger partial charge >= 0.3 is 0 Å². The Hall–Kier alpha value is -6.76. The molecule has 0 aromatic heterocycles. The first-order valence-electron chi connectivity index (χ1n) is 22.7. The van der Waals surface area contributed by atoms with Gasteiger partial charge < -0.3 is 0 Å². The maximum Gasteiger partial charge on any atom is -0.00133 e. The highest BCUT2D eigenvalue weighted by atomic mass is 14.2. The molecule has 10 aromatic carbocycles. The number of rotatable bonds is 0. The predicted molar refractivity (Wildman–Crippen MR) is 276 cm³/mol. The molecule has 10 aromatic rings. The lowest BCUT2D eigenvalue weighted by Gasteiger charge is -2.12. The van der Waals surface area contributed by atoms with Gasteiger partial charge in [-0.25, -0.2) is 0 Å². The van der Waals surface area contributed by atoms with Crippen molar-refractivity contribution in [3.05, 3.63) is 224 Å². The Kier molecular flexibility index (Phi) is 10.4. The zero-order chi connectivity index (χ0) is 43.5. The Morgan fingerprint density at radius 1 is 0.270 bits per heavy atom. The van der Waals surface area contributed by atoms with E-state index in [1.54, 1.807) is 0 Å². The summed E-state index contributed by atoms with van der Waals surface area (Å²) in [5.74, 6) is 0. The Morgan fingerprint density at radius 2 is 0.603 bits per heavy atom. The molecule has 0 amide bonds. The van der Waals surface area contributed by atoms with Gasteiger partial charge in [-0.05, 0) is 184 Å². The molecular formula is C63H56. The van der Waals surface area contributed by atoms with Gasteiger partial charge in [0, 0.05) is 0 Å². The molecule has 0 fully saturated rings. The van der Waals surface area contributed by atoms with Crippen molar-refractivity contribution in [2.45, 2.75) is 74.7 Å². The molecule has 63 heavy (non-hydrogen) atoms. The van der Waals surface area contributed by atoms with Crippen LogP contribution in [-0.4, -0.2) is 0 Å². The first kappa shape index (κ1) is 40.3. The molecular weight excluding hydrogens is 757 g/mol. The van der Waals surface area contributed by atoms with Crippen LogP contribution < -0.4 is 0 Å². The van der Waals surface area contributed by atoms with Gasteiger partial charge in [-0.3, -0.25) is 0 Å². The highest BCUT2D eigenvalue weighted by Gasteiger charge is 2.18. The van der Waals surface area contributed by atoms with E-state index < -0.39 is 0 Å². The van der Waals surface area contributed by atoms with E-state index in [2.05, 4.69) is 213 Å². The molecule has 0 saturated heterocycles. The summed E-state index contributed by atoms with van der Waals surface area (Å²) in [7, 11) is 0. The highest BCUT2D eigenvalue weighted by Crippen LogP contribution is 2.38. The summed E-state index contributed by atoms with van der Waals surface area (Å²) in [6.45, 7) is 17.4. The second-order valence-corrected chi connectivity index (χ2v) is 18.9. The average molecular weight is 813 g/mol. The zero-order valence-corrected chi connectivity index (χ0v) is 38.1. The van der Waals surface area contributed by atoms with E-state index in [9.17, 15) is 0 Å². The molecule has 0 N–H and O–H groups in total. The third-order valence-electron chi connectivity index (χ3n) is 13.3. The Balaban J connectivity index is 0.000000100. The van der Waals surface area contributed by atoms with E-state index in [0.29, 0.717) is 0 Å². The van der Waals surface area contributed by atoms with Crippen LogP contribution in [0.15, 0.2) is 157 Å². The Labute approximate surface area is 373 Å². The van der Waals surface area contributed by atoms with Gasteiger partial charge in [0.05, 0.1) is 0 Å². The minimum Gasteiger partial charge on any atom is -0.0683 e. The fraction of sp³-hybridized carbons (Fsp3) is 0.175. The molecule has 0 aliphatic heterocycles. The number of allylic oxidation sites excluding steroid dienone is 2. The van der Waals surface area contributed by atoms with Crippen LogP contribution in [0.3, 0.4) is 0 Å². The van der Waals surface area contributed by atoms with Crippen molar-refractivity contribution in [1.82, 2.24) is 0 Å². The summed E-state index contributed by atoms with van der Waals surface area (Å²) in [5.41, 5.74) is 22.7. The molecule has 0 spiro atoms. The summed E-state index contributed by atoms with van der Waals surface area (Å²) in [4.78, 5) is 0. The van der Waals surface area contributed by atoms with Crippen LogP contribution in [0.5, 0.6) is 0 Å². The monoisotopic (exact) mass is 812 g/mol. The number of fused-ring (bicyclic) bond motifs is 8. The SMILES string of the molecule is CC1=Cc2cc3c(cc2C1)C=C(C)C3.Cc1cc2ccc3cc(C)cc4ccc(c1)c2c34.Cc1ccc2c(c1)Cc1cc(C)ccc1-2.Cc1ccc2c(ccc3cc(C)ccc32)c1. The minimum absolute atomic E-state index is 1.11. The summed E-state index contributed by atoms with van der Waals surface area (Å²) in [6.07, 6.45) is 8.05. The molecule has 13 rings (SSSR count). The van der Waals surface area contributed by atoms with Crippen LogP contribution >= 0.6 is 0 Å². The van der Waals surface area contributed by atoms with Gasteiger partial charge in [-0.1, -0.05) is 191 Å². The number of hydrogen-bond donors (Lipinski definition) is 0. The van der Waals surface area contributed by atoms with Crippen LogP contribution in [0.4, 0.5) is 0 Å². The van der Waals surface area contributed by atoms with Crippen molar-refractivity contribution in [1.29, 1.82) is 0 Å². The molecule has 0 heterocycles. The third kappa shape index (κ3) is 7.96. The molecule has 0 heteroatoms. The fourth-order valence-electron chi connectivity index (χ4n) is 10.5. The van der Waals surface area contributed by atoms with Crippen LogP contribution in [0.1, 0.15) is 80.6 Å². The molecule has 0 radical (unpaired) electrons. The smallest absolute Gasteiger partial charge is 0.00133 e. The van der Waals surface area contributed by atoms with Gasteiger partial charge in [0.2, 0.25) is 0 Å². The van der Waals surface area contributed by atoms with E-state index in [1.165, 1.54) is 143 Å². The first-order chi connectivity index (χ1) is 30.4. The maximum absolute atomic E-state index is 2.37. The fourth-order valence-corrected chi connectivity index (χ4v) is 10.5. The maximum atomic E-state index is 2.37. The molecule has 0 bridgehead atoms. The predicted octanol–water partition coefficient (Wildman–Crippen LogP) is 17.3. The van der Waals surface area contributed by atoms with Crippen LogP contribution in [0.2, 0.25) is 0 Å². The highest BCUT2D eigenvalue weighted by molar-refractivity contribution is 6.23. The molecule has 3 aliphatic carbocycles. The molecule has 0 unspecified atom stereocenters. The third-order valence-corrected chi connectivity index (χ3v) is 13.3. The van der Waals surface area contributed by atoms with Gasteiger partial charge in [-0.15, -0.1) is 0 Å². The van der Waals surface area contributed by atoms with E-state index in [4.69, 9.17) is 0 Å². The second kappa shape index (κ2) is 16.2. The number of benzene rings is 10. The Bertz CT molecular complexity index is 3200. The number of aryl methyl sites for hydroxylation is 6.